The number of halogens is 1. The van der Waals surface area contributed by atoms with E-state index in [-0.39, 0.29) is 18.2 Å². The fourth-order valence-electron chi connectivity index (χ4n) is 5.84. The van der Waals surface area contributed by atoms with Gasteiger partial charge in [-0.25, -0.2) is 9.37 Å². The van der Waals surface area contributed by atoms with E-state index in [0.717, 1.165) is 53.1 Å². The van der Waals surface area contributed by atoms with Crippen molar-refractivity contribution in [3.05, 3.63) is 30.0 Å². The number of anilines is 2. The fraction of sp³-hybridized carbons (Fsp3) is 0.607. The van der Waals surface area contributed by atoms with E-state index in [1.54, 1.807) is 11.3 Å². The van der Waals surface area contributed by atoms with Crippen LogP contribution >= 0.6 is 11.3 Å². The molecule has 2 aromatic rings. The van der Waals surface area contributed by atoms with Crippen molar-refractivity contribution in [2.75, 3.05) is 60.7 Å². The van der Waals surface area contributed by atoms with Gasteiger partial charge in [0.2, 0.25) is 5.91 Å². The number of alkyl halides is 1. The first kappa shape index (κ1) is 26.7. The van der Waals surface area contributed by atoms with E-state index in [4.69, 9.17) is 9.72 Å². The molecule has 2 saturated heterocycles. The molecule has 1 aromatic carbocycles. The van der Waals surface area contributed by atoms with Crippen LogP contribution in [0.5, 0.6) is 0 Å². The molecule has 2 aliphatic carbocycles. The Balaban J connectivity index is 1.33. The van der Waals surface area contributed by atoms with Crippen LogP contribution in [-0.4, -0.2) is 77.7 Å². The number of ether oxygens (including phenoxy) is 1. The Kier molecular flexibility index (Phi) is 7.62. The highest BCUT2D eigenvalue weighted by Crippen LogP contribution is 2.47. The van der Waals surface area contributed by atoms with E-state index in [9.17, 15) is 18.7 Å². The van der Waals surface area contributed by atoms with Gasteiger partial charge in [-0.15, -0.1) is 0 Å². The van der Waals surface area contributed by atoms with Crippen LogP contribution < -0.4 is 15.1 Å². The summed E-state index contributed by atoms with van der Waals surface area (Å²) in [5.41, 5.74) is 2.21. The molecular formula is C28H34FN5O3S2. The van der Waals surface area contributed by atoms with Crippen molar-refractivity contribution >= 4 is 38.9 Å². The van der Waals surface area contributed by atoms with E-state index in [1.807, 2.05) is 0 Å². The highest BCUT2D eigenvalue weighted by atomic mass is 32.2. The number of carbonyl (C=O) groups is 1. The molecule has 2 saturated carbocycles. The number of nitrogens with one attached hydrogen (secondary N) is 1. The van der Waals surface area contributed by atoms with Crippen molar-refractivity contribution < 1.29 is 18.1 Å². The van der Waals surface area contributed by atoms with Crippen LogP contribution in [0.4, 0.5) is 15.2 Å². The van der Waals surface area contributed by atoms with Gasteiger partial charge in [-0.2, -0.15) is 5.26 Å². The first-order valence-electron chi connectivity index (χ1n) is 13.9. The summed E-state index contributed by atoms with van der Waals surface area (Å²) in [6.07, 6.45) is 1.35. The minimum atomic E-state index is -1.03. The average Bonchev–Trinajstić information content (AvgIpc) is 3.60. The van der Waals surface area contributed by atoms with Crippen LogP contribution in [0.15, 0.2) is 24.3 Å². The van der Waals surface area contributed by atoms with Crippen molar-refractivity contribution in [2.24, 2.45) is 5.92 Å². The van der Waals surface area contributed by atoms with Crippen molar-refractivity contribution in [1.29, 1.82) is 5.26 Å². The molecule has 4 fully saturated rings. The molecule has 0 radical (unpaired) electrons. The smallest absolute Gasteiger partial charge is 0.225 e. The summed E-state index contributed by atoms with van der Waals surface area (Å²) in [6.45, 7) is 4.38. The second-order valence-electron chi connectivity index (χ2n) is 11.0. The standard InChI is InChI=1S/C28H34FN5O3S2/c29-20-3-6-22(23(17-20)26(35)32-28(18-30)7-8-28)24-25(38-27(31-24)34-9-13-37-14-10-34)19-1-4-21(5-2-19)33-11-15-39(36)16-12-33/h1-2,4-5,20,22-23H,3,6-17H2,(H,32,35)/t20-,22+,23?/m0/s1. The maximum absolute atomic E-state index is 14.7. The largest absolute Gasteiger partial charge is 0.378 e. The molecule has 1 N–H and O–H groups in total. The van der Waals surface area contributed by atoms with Crippen LogP contribution in [0, 0.1) is 17.2 Å². The Morgan fingerprint density at radius 2 is 1.85 bits per heavy atom. The van der Waals surface area contributed by atoms with Gasteiger partial charge in [0, 0.05) is 66.0 Å². The van der Waals surface area contributed by atoms with Gasteiger partial charge >= 0.3 is 0 Å². The number of nitriles is 1. The maximum atomic E-state index is 14.7. The van der Waals surface area contributed by atoms with Crippen LogP contribution in [0.2, 0.25) is 0 Å². The molecule has 4 aliphatic rings. The van der Waals surface area contributed by atoms with E-state index in [1.165, 1.54) is 0 Å². The molecule has 3 atom stereocenters. The van der Waals surface area contributed by atoms with Crippen molar-refractivity contribution in [1.82, 2.24) is 10.3 Å². The first-order valence-corrected chi connectivity index (χ1v) is 16.2. The predicted octanol–water partition coefficient (Wildman–Crippen LogP) is 3.61. The van der Waals surface area contributed by atoms with Gasteiger partial charge in [0.25, 0.3) is 0 Å². The third kappa shape index (κ3) is 5.70. The molecule has 39 heavy (non-hydrogen) atoms. The number of benzene rings is 1. The molecule has 11 heteroatoms. The lowest BCUT2D eigenvalue weighted by molar-refractivity contribution is -0.128. The second kappa shape index (κ2) is 11.1. The van der Waals surface area contributed by atoms with Crippen molar-refractivity contribution in [3.63, 3.8) is 0 Å². The summed E-state index contributed by atoms with van der Waals surface area (Å²) in [7, 11) is -0.727. The SMILES string of the molecule is N#CC1(NC(=O)C2C[C@@H](F)CC[C@H]2c2nc(N3CCOCC3)sc2-c2ccc(N3CCS(=O)CC3)cc2)CC1. The van der Waals surface area contributed by atoms with Crippen LogP contribution in [0.3, 0.4) is 0 Å². The summed E-state index contributed by atoms with van der Waals surface area (Å²) in [5, 5.41) is 13.4. The Bertz CT molecular complexity index is 1260. The minimum Gasteiger partial charge on any atom is -0.378 e. The van der Waals surface area contributed by atoms with Crippen molar-refractivity contribution in [3.8, 4) is 16.5 Å². The molecule has 1 aromatic heterocycles. The molecule has 8 nitrogen and oxygen atoms in total. The van der Waals surface area contributed by atoms with Crippen molar-refractivity contribution in [2.45, 2.75) is 49.7 Å². The highest BCUT2D eigenvalue weighted by Gasteiger charge is 2.48. The Labute approximate surface area is 235 Å². The third-order valence-corrected chi connectivity index (χ3v) is 10.9. The number of amides is 1. The Hall–Kier alpha value is -2.55. The summed E-state index contributed by atoms with van der Waals surface area (Å²) in [6, 6.07) is 10.6. The molecule has 3 heterocycles. The minimum absolute atomic E-state index is 0.150. The number of hydrogen-bond donors (Lipinski definition) is 1. The first-order chi connectivity index (χ1) is 18.9. The van der Waals surface area contributed by atoms with Gasteiger partial charge in [-0.3, -0.25) is 9.00 Å². The van der Waals surface area contributed by atoms with E-state index in [2.05, 4.69) is 45.5 Å². The molecule has 0 spiro atoms. The normalized spacial score (nSPS) is 27.1. The van der Waals surface area contributed by atoms with Crippen LogP contribution in [0.25, 0.3) is 10.4 Å². The van der Waals surface area contributed by atoms with E-state index >= 15 is 0 Å². The molecule has 0 bridgehead atoms. The van der Waals surface area contributed by atoms with Gasteiger partial charge in [0.15, 0.2) is 5.13 Å². The summed E-state index contributed by atoms with van der Waals surface area (Å²) < 4.78 is 32.0. The topological polar surface area (TPSA) is 98.6 Å². The number of aromatic nitrogens is 1. The van der Waals surface area contributed by atoms with Gasteiger partial charge in [-0.1, -0.05) is 23.5 Å². The number of thiazole rings is 1. The summed E-state index contributed by atoms with van der Waals surface area (Å²) >= 11 is 1.63. The fourth-order valence-corrected chi connectivity index (χ4v) is 8.09. The van der Waals surface area contributed by atoms with Gasteiger partial charge < -0.3 is 19.9 Å². The lowest BCUT2D eigenvalue weighted by Gasteiger charge is -2.33. The summed E-state index contributed by atoms with van der Waals surface area (Å²) in [5.74, 6) is 0.372. The number of morpholine rings is 1. The molecule has 6 rings (SSSR count). The number of carbonyl (C=O) groups excluding carboxylic acids is 1. The Morgan fingerprint density at radius 3 is 2.51 bits per heavy atom. The number of hydrogen-bond acceptors (Lipinski definition) is 8. The molecular weight excluding hydrogens is 537 g/mol. The molecule has 2 aliphatic heterocycles. The quantitative estimate of drug-likeness (QED) is 0.566. The predicted molar refractivity (Wildman–Crippen MR) is 151 cm³/mol. The van der Waals surface area contributed by atoms with Crippen LogP contribution in [0.1, 0.15) is 43.7 Å². The maximum Gasteiger partial charge on any atom is 0.225 e. The lowest BCUT2D eigenvalue weighted by atomic mass is 9.75. The highest BCUT2D eigenvalue weighted by molar-refractivity contribution is 7.85. The molecule has 1 amide bonds. The van der Waals surface area contributed by atoms with Gasteiger partial charge in [-0.05, 0) is 49.8 Å². The third-order valence-electron chi connectivity index (χ3n) is 8.40. The zero-order chi connectivity index (χ0) is 27.0. The van der Waals surface area contributed by atoms with Gasteiger partial charge in [0.1, 0.15) is 11.7 Å². The monoisotopic (exact) mass is 571 g/mol. The molecule has 208 valence electrons. The summed E-state index contributed by atoms with van der Waals surface area (Å²) in [4.78, 5) is 24.1. The van der Waals surface area contributed by atoms with E-state index < -0.39 is 28.4 Å². The lowest BCUT2D eigenvalue weighted by Crippen LogP contribution is -2.44. The second-order valence-corrected chi connectivity index (χ2v) is 13.7. The zero-order valence-electron chi connectivity index (χ0n) is 21.9. The number of rotatable bonds is 6. The van der Waals surface area contributed by atoms with E-state index in [0.29, 0.717) is 50.4 Å². The zero-order valence-corrected chi connectivity index (χ0v) is 23.6. The number of nitrogens with zero attached hydrogens (tertiary/aromatic N) is 4. The van der Waals surface area contributed by atoms with Gasteiger partial charge in [0.05, 0.1) is 29.9 Å². The van der Waals surface area contributed by atoms with Crippen LogP contribution in [-0.2, 0) is 20.3 Å². The molecule has 1 unspecified atom stereocenters. The average molecular weight is 572 g/mol. The Morgan fingerprint density at radius 1 is 1.13 bits per heavy atom.